The minimum absolute atomic E-state index is 0.136. The predicted molar refractivity (Wildman–Crippen MR) is 112 cm³/mol. The lowest BCUT2D eigenvalue weighted by atomic mass is 9.95. The summed E-state index contributed by atoms with van der Waals surface area (Å²) in [6, 6.07) is 6.17. The van der Waals surface area contributed by atoms with Crippen molar-refractivity contribution in [2.24, 2.45) is 7.05 Å². The Kier molecular flexibility index (Phi) is 5.07. The van der Waals surface area contributed by atoms with E-state index in [1.54, 1.807) is 11.3 Å². The summed E-state index contributed by atoms with van der Waals surface area (Å²) in [4.78, 5) is 24.1. The number of rotatable bonds is 4. The summed E-state index contributed by atoms with van der Waals surface area (Å²) in [5, 5.41) is 5.42. The van der Waals surface area contributed by atoms with Crippen molar-refractivity contribution in [2.75, 3.05) is 39.4 Å². The van der Waals surface area contributed by atoms with Crippen LogP contribution in [0.1, 0.15) is 33.3 Å². The minimum atomic E-state index is 0.136. The molecule has 2 aliphatic rings. The molecule has 2 fully saturated rings. The Balaban J connectivity index is 1.44. The van der Waals surface area contributed by atoms with Gasteiger partial charge in [0.05, 0.1) is 23.8 Å². The van der Waals surface area contributed by atoms with E-state index in [-0.39, 0.29) is 5.91 Å². The first kappa shape index (κ1) is 18.7. The van der Waals surface area contributed by atoms with Crippen molar-refractivity contribution in [1.82, 2.24) is 24.6 Å². The maximum Gasteiger partial charge on any atom is 0.264 e. The van der Waals surface area contributed by atoms with Gasteiger partial charge >= 0.3 is 0 Å². The van der Waals surface area contributed by atoms with E-state index in [0.29, 0.717) is 32.2 Å². The van der Waals surface area contributed by atoms with Crippen molar-refractivity contribution in [2.45, 2.75) is 18.9 Å². The number of nitrogens with zero attached hydrogens (tertiary/aromatic N) is 5. The second kappa shape index (κ2) is 7.85. The highest BCUT2D eigenvalue weighted by molar-refractivity contribution is 7.20. The molecule has 0 unspecified atom stereocenters. The Hall–Kier alpha value is -2.29. The van der Waals surface area contributed by atoms with Crippen LogP contribution in [0.4, 0.5) is 0 Å². The van der Waals surface area contributed by atoms with Crippen molar-refractivity contribution in [3.8, 4) is 0 Å². The van der Waals surface area contributed by atoms with Gasteiger partial charge in [0.1, 0.15) is 4.83 Å². The largest absolute Gasteiger partial charge is 0.378 e. The van der Waals surface area contributed by atoms with E-state index >= 15 is 0 Å². The molecule has 0 aromatic carbocycles. The summed E-state index contributed by atoms with van der Waals surface area (Å²) >= 11 is 1.55. The molecule has 2 saturated heterocycles. The number of likely N-dealkylation sites (tertiary alicyclic amines) is 1. The number of aromatic nitrogens is 3. The van der Waals surface area contributed by atoms with Crippen LogP contribution in [0.15, 0.2) is 30.6 Å². The number of pyridine rings is 1. The number of ether oxygens (including phenoxy) is 1. The van der Waals surface area contributed by atoms with Gasteiger partial charge in [0.25, 0.3) is 5.91 Å². The predicted octanol–water partition coefficient (Wildman–Crippen LogP) is 2.49. The first-order valence-corrected chi connectivity index (χ1v) is 11.0. The summed E-state index contributed by atoms with van der Waals surface area (Å²) in [5.41, 5.74) is 2.41. The zero-order valence-electron chi connectivity index (χ0n) is 16.6. The lowest BCUT2D eigenvalue weighted by Gasteiger charge is -2.27. The molecule has 7 nitrogen and oxygen atoms in total. The van der Waals surface area contributed by atoms with Gasteiger partial charge in [-0.3, -0.25) is 14.4 Å². The van der Waals surface area contributed by atoms with Crippen LogP contribution < -0.4 is 0 Å². The zero-order valence-corrected chi connectivity index (χ0v) is 17.4. The van der Waals surface area contributed by atoms with Crippen molar-refractivity contribution in [1.29, 1.82) is 0 Å². The first-order chi connectivity index (χ1) is 14.2. The number of morpholine rings is 1. The number of amides is 1. The zero-order chi connectivity index (χ0) is 19.8. The summed E-state index contributed by atoms with van der Waals surface area (Å²) in [5.74, 6) is 0.484. The van der Waals surface area contributed by atoms with Crippen LogP contribution in [0.5, 0.6) is 0 Å². The van der Waals surface area contributed by atoms with Crippen LogP contribution in [0.3, 0.4) is 0 Å². The molecule has 0 aliphatic carbocycles. The van der Waals surface area contributed by atoms with E-state index < -0.39 is 0 Å². The third kappa shape index (κ3) is 3.56. The number of aryl methyl sites for hydroxylation is 1. The molecule has 0 saturated carbocycles. The highest BCUT2D eigenvalue weighted by Gasteiger charge is 2.33. The van der Waals surface area contributed by atoms with E-state index in [1.165, 1.54) is 11.3 Å². The molecule has 0 radical (unpaired) electrons. The van der Waals surface area contributed by atoms with Gasteiger partial charge in [-0.1, -0.05) is 6.07 Å². The summed E-state index contributed by atoms with van der Waals surface area (Å²) in [6.45, 7) is 5.43. The molecule has 5 rings (SSSR count). The first-order valence-electron chi connectivity index (χ1n) is 10.1. The van der Waals surface area contributed by atoms with E-state index in [0.717, 1.165) is 41.1 Å². The average molecular weight is 412 g/mol. The van der Waals surface area contributed by atoms with Gasteiger partial charge in [0.2, 0.25) is 0 Å². The molecule has 0 spiro atoms. The van der Waals surface area contributed by atoms with Crippen molar-refractivity contribution in [3.05, 3.63) is 46.7 Å². The standard InChI is InChI=1S/C21H25N5O2S/c1-24-16(4-7-23-24)14-25-8-5-15(13-25)18-17-3-2-6-22-20(17)29-19(18)21(27)26-9-11-28-12-10-26/h2-4,6-7,15H,5,8-14H2,1H3/t15-/m0/s1. The molecule has 0 N–H and O–H groups in total. The van der Waals surface area contributed by atoms with Crippen LogP contribution >= 0.6 is 11.3 Å². The van der Waals surface area contributed by atoms with Crippen LogP contribution in [0, 0.1) is 0 Å². The summed E-state index contributed by atoms with van der Waals surface area (Å²) < 4.78 is 7.37. The van der Waals surface area contributed by atoms with Gasteiger partial charge in [0, 0.05) is 56.9 Å². The van der Waals surface area contributed by atoms with Crippen molar-refractivity contribution < 1.29 is 9.53 Å². The Labute approximate surface area is 173 Å². The van der Waals surface area contributed by atoms with Gasteiger partial charge in [0.15, 0.2) is 0 Å². The van der Waals surface area contributed by atoms with Gasteiger partial charge in [-0.05, 0) is 30.7 Å². The van der Waals surface area contributed by atoms with Gasteiger partial charge < -0.3 is 9.64 Å². The minimum Gasteiger partial charge on any atom is -0.378 e. The van der Waals surface area contributed by atoms with Crippen LogP contribution in [-0.4, -0.2) is 69.9 Å². The molecule has 0 bridgehead atoms. The fourth-order valence-corrected chi connectivity index (χ4v) is 5.62. The Bertz CT molecular complexity index is 1020. The second-order valence-corrected chi connectivity index (χ2v) is 8.77. The topological polar surface area (TPSA) is 63.5 Å². The van der Waals surface area contributed by atoms with Gasteiger partial charge in [-0.15, -0.1) is 11.3 Å². The molecule has 3 aromatic rings. The molecular formula is C21H25N5O2S. The van der Waals surface area contributed by atoms with Crippen LogP contribution in [0.25, 0.3) is 10.2 Å². The third-order valence-electron chi connectivity index (χ3n) is 5.99. The van der Waals surface area contributed by atoms with Crippen molar-refractivity contribution >= 4 is 27.5 Å². The maximum absolute atomic E-state index is 13.4. The molecule has 5 heterocycles. The quantitative estimate of drug-likeness (QED) is 0.660. The lowest BCUT2D eigenvalue weighted by molar-refractivity contribution is 0.0305. The van der Waals surface area contributed by atoms with Crippen molar-refractivity contribution in [3.63, 3.8) is 0 Å². The van der Waals surface area contributed by atoms with Gasteiger partial charge in [-0.25, -0.2) is 4.98 Å². The molecular weight excluding hydrogens is 386 g/mol. The highest BCUT2D eigenvalue weighted by Crippen LogP contribution is 2.40. The van der Waals surface area contributed by atoms with Crippen LogP contribution in [-0.2, 0) is 18.3 Å². The Morgan fingerprint density at radius 1 is 1.24 bits per heavy atom. The molecule has 29 heavy (non-hydrogen) atoms. The smallest absolute Gasteiger partial charge is 0.264 e. The molecule has 1 atom stereocenters. The fourth-order valence-electron chi connectivity index (χ4n) is 4.42. The maximum atomic E-state index is 13.4. The number of carbonyl (C=O) groups excluding carboxylic acids is 1. The van der Waals surface area contributed by atoms with E-state index in [9.17, 15) is 4.79 Å². The molecule has 1 amide bonds. The number of hydrogen-bond donors (Lipinski definition) is 0. The van der Waals surface area contributed by atoms with E-state index in [4.69, 9.17) is 4.74 Å². The summed E-state index contributed by atoms with van der Waals surface area (Å²) in [6.07, 6.45) is 4.72. The number of hydrogen-bond acceptors (Lipinski definition) is 6. The monoisotopic (exact) mass is 411 g/mol. The van der Waals surface area contributed by atoms with E-state index in [2.05, 4.69) is 27.1 Å². The molecule has 3 aromatic heterocycles. The molecule has 8 heteroatoms. The summed E-state index contributed by atoms with van der Waals surface area (Å²) in [7, 11) is 1.99. The molecule has 152 valence electrons. The number of thiophene rings is 1. The lowest BCUT2D eigenvalue weighted by Crippen LogP contribution is -2.40. The van der Waals surface area contributed by atoms with Gasteiger partial charge in [-0.2, -0.15) is 5.10 Å². The van der Waals surface area contributed by atoms with Crippen LogP contribution in [0.2, 0.25) is 0 Å². The Morgan fingerprint density at radius 3 is 2.90 bits per heavy atom. The Morgan fingerprint density at radius 2 is 2.10 bits per heavy atom. The third-order valence-corrected chi connectivity index (χ3v) is 7.10. The van der Waals surface area contributed by atoms with E-state index in [1.807, 2.05) is 35.1 Å². The highest BCUT2D eigenvalue weighted by atomic mass is 32.1. The second-order valence-electron chi connectivity index (χ2n) is 7.77. The average Bonchev–Trinajstić information content (AvgIpc) is 3.47. The normalized spacial score (nSPS) is 20.6. The fraction of sp³-hybridized carbons (Fsp3) is 0.476. The number of fused-ring (bicyclic) bond motifs is 1. The molecule has 2 aliphatic heterocycles. The SMILES string of the molecule is Cn1nccc1CN1CC[C@H](c2c(C(=O)N3CCOCC3)sc3ncccc23)C1. The number of carbonyl (C=O) groups is 1.